The van der Waals surface area contributed by atoms with Gasteiger partial charge in [0.1, 0.15) is 5.75 Å². The number of rotatable bonds is 3. The Balaban J connectivity index is 1.68. The molecule has 0 spiro atoms. The highest BCUT2D eigenvalue weighted by atomic mass is 32.2. The van der Waals surface area contributed by atoms with Crippen LogP contribution in [0.4, 0.5) is 0 Å². The summed E-state index contributed by atoms with van der Waals surface area (Å²) >= 11 is 3.16. The van der Waals surface area contributed by atoms with Crippen LogP contribution in [-0.2, 0) is 4.79 Å². The smallest absolute Gasteiger partial charge is 0.258 e. The Hall–Kier alpha value is -2.12. The van der Waals surface area contributed by atoms with Gasteiger partial charge in [-0.3, -0.25) is 4.79 Å². The third-order valence-corrected chi connectivity index (χ3v) is 5.85. The average molecular weight is 357 g/mol. The van der Waals surface area contributed by atoms with Crippen LogP contribution in [0.5, 0.6) is 5.75 Å². The predicted octanol–water partition coefficient (Wildman–Crippen LogP) is 3.54. The number of benzene rings is 1. The van der Waals surface area contributed by atoms with Crippen LogP contribution in [0, 0.1) is 0 Å². The van der Waals surface area contributed by atoms with E-state index in [1.807, 2.05) is 35.3 Å². The van der Waals surface area contributed by atoms with Crippen LogP contribution in [0.2, 0.25) is 0 Å². The van der Waals surface area contributed by atoms with Crippen molar-refractivity contribution in [3.05, 3.63) is 52.2 Å². The number of methoxy groups -OCH3 is 1. The van der Waals surface area contributed by atoms with Gasteiger partial charge in [-0.2, -0.15) is 10.1 Å². The molecule has 0 aliphatic carbocycles. The molecule has 1 amide bonds. The summed E-state index contributed by atoms with van der Waals surface area (Å²) in [6.07, 6.45) is 0.792. The van der Waals surface area contributed by atoms with E-state index < -0.39 is 0 Å². The van der Waals surface area contributed by atoms with Crippen molar-refractivity contribution in [1.29, 1.82) is 0 Å². The Morgan fingerprint density at radius 1 is 1.25 bits per heavy atom. The maximum atomic E-state index is 11.5. The summed E-state index contributed by atoms with van der Waals surface area (Å²) in [5.74, 6) is 1.13. The van der Waals surface area contributed by atoms with Gasteiger partial charge in [-0.25, -0.2) is 5.01 Å². The largest absolute Gasteiger partial charge is 0.497 e. The number of thiophene rings is 1. The molecule has 2 aliphatic rings. The van der Waals surface area contributed by atoms with Crippen molar-refractivity contribution in [2.24, 2.45) is 10.1 Å². The maximum absolute atomic E-state index is 11.5. The molecular formula is C17H15N3O2S2. The zero-order valence-electron chi connectivity index (χ0n) is 13.0. The van der Waals surface area contributed by atoms with Crippen molar-refractivity contribution in [2.75, 3.05) is 12.9 Å². The van der Waals surface area contributed by atoms with Gasteiger partial charge in [0.15, 0.2) is 5.17 Å². The lowest BCUT2D eigenvalue weighted by Gasteiger charge is -2.21. The zero-order valence-corrected chi connectivity index (χ0v) is 14.6. The number of hydrogen-bond donors (Lipinski definition) is 0. The molecule has 1 aromatic carbocycles. The molecule has 24 heavy (non-hydrogen) atoms. The minimum absolute atomic E-state index is 0.0898. The summed E-state index contributed by atoms with van der Waals surface area (Å²) in [6.45, 7) is 0. The molecule has 1 aromatic heterocycles. The van der Waals surface area contributed by atoms with E-state index in [0.29, 0.717) is 10.9 Å². The predicted molar refractivity (Wildman–Crippen MR) is 97.9 cm³/mol. The Morgan fingerprint density at radius 3 is 2.71 bits per heavy atom. The summed E-state index contributed by atoms with van der Waals surface area (Å²) in [6, 6.07) is 12.1. The molecule has 2 aromatic rings. The molecule has 7 heteroatoms. The van der Waals surface area contributed by atoms with Crippen molar-refractivity contribution in [3.63, 3.8) is 0 Å². The number of ether oxygens (including phenoxy) is 1. The molecule has 4 rings (SSSR count). The van der Waals surface area contributed by atoms with E-state index in [-0.39, 0.29) is 11.9 Å². The quantitative estimate of drug-likeness (QED) is 0.843. The molecule has 3 heterocycles. The first-order chi connectivity index (χ1) is 11.7. The molecule has 1 unspecified atom stereocenters. The Bertz CT molecular complexity index is 813. The standard InChI is InChI=1S/C17H15N3O2S2/c1-22-12-6-4-11(5-7-12)13-9-14(15-3-2-8-23-15)20(19-13)17-18-16(21)10-24-17/h2-8,14H,9-10H2,1H3. The van der Waals surface area contributed by atoms with Crippen LogP contribution in [0.25, 0.3) is 0 Å². The number of carbonyl (C=O) groups excluding carboxylic acids is 1. The second-order valence-corrected chi connectivity index (χ2v) is 7.35. The van der Waals surface area contributed by atoms with E-state index in [0.717, 1.165) is 23.4 Å². The minimum atomic E-state index is -0.0898. The number of aliphatic imine (C=N–C) groups is 1. The SMILES string of the molecule is COc1ccc(C2=NN(C3=NC(=O)CS3)C(c3cccs3)C2)cc1. The molecule has 122 valence electrons. The summed E-state index contributed by atoms with van der Waals surface area (Å²) in [5.41, 5.74) is 2.06. The molecule has 0 bridgehead atoms. The van der Waals surface area contributed by atoms with Crippen molar-refractivity contribution in [2.45, 2.75) is 12.5 Å². The summed E-state index contributed by atoms with van der Waals surface area (Å²) in [4.78, 5) is 16.9. The van der Waals surface area contributed by atoms with Crippen LogP contribution < -0.4 is 4.74 Å². The van der Waals surface area contributed by atoms with Gasteiger partial charge >= 0.3 is 0 Å². The van der Waals surface area contributed by atoms with Gasteiger partial charge in [-0.05, 0) is 41.3 Å². The van der Waals surface area contributed by atoms with Gasteiger partial charge in [0.25, 0.3) is 5.91 Å². The van der Waals surface area contributed by atoms with Crippen molar-refractivity contribution in [1.82, 2.24) is 5.01 Å². The summed E-state index contributed by atoms with van der Waals surface area (Å²) in [5, 5.41) is 9.44. The monoisotopic (exact) mass is 357 g/mol. The second-order valence-electron chi connectivity index (χ2n) is 5.43. The van der Waals surface area contributed by atoms with Crippen LogP contribution >= 0.6 is 23.1 Å². The maximum Gasteiger partial charge on any atom is 0.258 e. The van der Waals surface area contributed by atoms with Gasteiger partial charge in [0, 0.05) is 11.3 Å². The van der Waals surface area contributed by atoms with Crippen molar-refractivity contribution in [3.8, 4) is 5.75 Å². The van der Waals surface area contributed by atoms with Gasteiger partial charge < -0.3 is 4.74 Å². The fourth-order valence-electron chi connectivity index (χ4n) is 2.76. The number of carbonyl (C=O) groups is 1. The molecule has 0 saturated carbocycles. The van der Waals surface area contributed by atoms with Gasteiger partial charge in [-0.1, -0.05) is 17.8 Å². The number of thioether (sulfide) groups is 1. The number of nitrogens with zero attached hydrogens (tertiary/aromatic N) is 3. The van der Waals surface area contributed by atoms with Crippen molar-refractivity contribution < 1.29 is 9.53 Å². The lowest BCUT2D eigenvalue weighted by molar-refractivity contribution is -0.115. The molecule has 0 radical (unpaired) electrons. The fraction of sp³-hybridized carbons (Fsp3) is 0.235. The van der Waals surface area contributed by atoms with E-state index in [2.05, 4.69) is 16.4 Å². The Kier molecular flexibility index (Phi) is 4.12. The fourth-order valence-corrected chi connectivity index (χ4v) is 4.36. The number of hydrazone groups is 1. The molecule has 0 saturated heterocycles. The number of amidine groups is 1. The molecule has 1 atom stereocenters. The first kappa shape index (κ1) is 15.4. The van der Waals surface area contributed by atoms with Crippen LogP contribution in [0.3, 0.4) is 0 Å². The highest BCUT2D eigenvalue weighted by Gasteiger charge is 2.35. The third-order valence-electron chi connectivity index (χ3n) is 3.95. The zero-order chi connectivity index (χ0) is 16.5. The highest BCUT2D eigenvalue weighted by Crippen LogP contribution is 2.38. The van der Waals surface area contributed by atoms with Gasteiger partial charge in [0.05, 0.1) is 24.6 Å². The molecule has 0 fully saturated rings. The molecular weight excluding hydrogens is 342 g/mol. The van der Waals surface area contributed by atoms with Gasteiger partial charge in [-0.15, -0.1) is 11.3 Å². The summed E-state index contributed by atoms with van der Waals surface area (Å²) < 4.78 is 5.22. The molecule has 2 aliphatic heterocycles. The van der Waals surface area contributed by atoms with Crippen LogP contribution in [-0.4, -0.2) is 34.7 Å². The van der Waals surface area contributed by atoms with Crippen LogP contribution in [0.15, 0.2) is 51.9 Å². The topological polar surface area (TPSA) is 54.3 Å². The Morgan fingerprint density at radius 2 is 2.08 bits per heavy atom. The van der Waals surface area contributed by atoms with E-state index >= 15 is 0 Å². The van der Waals surface area contributed by atoms with E-state index in [1.54, 1.807) is 18.4 Å². The lowest BCUT2D eigenvalue weighted by atomic mass is 10.0. The number of amides is 1. The Labute approximate surface area is 148 Å². The number of hydrogen-bond acceptors (Lipinski definition) is 6. The van der Waals surface area contributed by atoms with Crippen LogP contribution in [0.1, 0.15) is 22.9 Å². The molecule has 5 nitrogen and oxygen atoms in total. The van der Waals surface area contributed by atoms with E-state index in [1.165, 1.54) is 16.6 Å². The third kappa shape index (κ3) is 2.85. The first-order valence-corrected chi connectivity index (χ1v) is 9.40. The minimum Gasteiger partial charge on any atom is -0.497 e. The van der Waals surface area contributed by atoms with E-state index in [9.17, 15) is 4.79 Å². The second kappa shape index (κ2) is 6.41. The summed E-state index contributed by atoms with van der Waals surface area (Å²) in [7, 11) is 1.66. The average Bonchev–Trinajstić information content (AvgIpc) is 3.34. The van der Waals surface area contributed by atoms with E-state index in [4.69, 9.17) is 9.84 Å². The van der Waals surface area contributed by atoms with Gasteiger partial charge in [0.2, 0.25) is 0 Å². The lowest BCUT2D eigenvalue weighted by Crippen LogP contribution is -2.23. The molecule has 0 N–H and O–H groups in total. The normalized spacial score (nSPS) is 20.3. The van der Waals surface area contributed by atoms with Crippen molar-refractivity contribution >= 4 is 39.9 Å². The first-order valence-electron chi connectivity index (χ1n) is 7.53. The highest BCUT2D eigenvalue weighted by molar-refractivity contribution is 8.14.